The van der Waals surface area contributed by atoms with Crippen LogP contribution in [0.25, 0.3) is 0 Å². The van der Waals surface area contributed by atoms with E-state index in [0.717, 1.165) is 0 Å². The molecule has 0 fully saturated rings. The molecule has 0 radical (unpaired) electrons. The van der Waals surface area contributed by atoms with E-state index >= 15 is 0 Å². The summed E-state index contributed by atoms with van der Waals surface area (Å²) in [5.74, 6) is -1.48. The van der Waals surface area contributed by atoms with Crippen LogP contribution < -0.4 is 10.2 Å². The number of ether oxygens (including phenoxy) is 1. The number of halogens is 1. The van der Waals surface area contributed by atoms with Gasteiger partial charge < -0.3 is 15.2 Å². The molecular formula is C13H17FN2O4. The number of benzene rings is 1. The number of aliphatic carboxylic acids is 1. The highest BCUT2D eigenvalue weighted by Crippen LogP contribution is 2.15. The lowest BCUT2D eigenvalue weighted by Gasteiger charge is -2.21. The van der Waals surface area contributed by atoms with Crippen LogP contribution in [0.15, 0.2) is 24.3 Å². The van der Waals surface area contributed by atoms with Crippen LogP contribution in [0.1, 0.15) is 6.92 Å². The third kappa shape index (κ3) is 5.23. The number of hydrogen-bond acceptors (Lipinski definition) is 3. The van der Waals surface area contributed by atoms with E-state index in [9.17, 15) is 14.0 Å². The lowest BCUT2D eigenvalue weighted by Crippen LogP contribution is -2.41. The van der Waals surface area contributed by atoms with Crippen LogP contribution in [0.4, 0.5) is 14.9 Å². The highest BCUT2D eigenvalue weighted by atomic mass is 19.1. The first-order valence-corrected chi connectivity index (χ1v) is 6.15. The summed E-state index contributed by atoms with van der Waals surface area (Å²) < 4.78 is 17.9. The fourth-order valence-corrected chi connectivity index (χ4v) is 1.57. The quantitative estimate of drug-likeness (QED) is 0.743. The number of rotatable bonds is 7. The van der Waals surface area contributed by atoms with Gasteiger partial charge in [0.2, 0.25) is 0 Å². The van der Waals surface area contributed by atoms with Gasteiger partial charge in [-0.05, 0) is 25.1 Å². The minimum Gasteiger partial charge on any atom is -0.480 e. The molecule has 0 unspecified atom stereocenters. The summed E-state index contributed by atoms with van der Waals surface area (Å²) in [6.45, 7) is 2.02. The molecule has 1 aromatic rings. The maximum Gasteiger partial charge on any atom is 0.329 e. The molecule has 0 atom stereocenters. The van der Waals surface area contributed by atoms with Gasteiger partial charge in [-0.1, -0.05) is 6.07 Å². The number of carboxylic acid groups (broad SMARTS) is 1. The summed E-state index contributed by atoms with van der Waals surface area (Å²) >= 11 is 0. The van der Waals surface area contributed by atoms with Gasteiger partial charge in [0.15, 0.2) is 0 Å². The Morgan fingerprint density at radius 1 is 1.45 bits per heavy atom. The van der Waals surface area contributed by atoms with Crippen LogP contribution in [0.5, 0.6) is 0 Å². The Labute approximate surface area is 116 Å². The number of nitrogens with zero attached hydrogens (tertiary/aromatic N) is 1. The minimum absolute atomic E-state index is 0.0960. The predicted octanol–water partition coefficient (Wildman–Crippen LogP) is 1.46. The van der Waals surface area contributed by atoms with E-state index < -0.39 is 24.4 Å². The van der Waals surface area contributed by atoms with Crippen molar-refractivity contribution in [1.29, 1.82) is 0 Å². The maximum absolute atomic E-state index is 13.1. The molecule has 1 aromatic carbocycles. The molecule has 0 saturated heterocycles. The molecule has 2 amide bonds. The predicted molar refractivity (Wildman–Crippen MR) is 71.3 cm³/mol. The van der Waals surface area contributed by atoms with Crippen molar-refractivity contribution in [2.24, 2.45) is 0 Å². The van der Waals surface area contributed by atoms with Gasteiger partial charge in [-0.3, -0.25) is 4.90 Å². The van der Waals surface area contributed by atoms with Crippen LogP contribution in [0, 0.1) is 5.82 Å². The van der Waals surface area contributed by atoms with Crippen molar-refractivity contribution in [2.45, 2.75) is 6.92 Å². The van der Waals surface area contributed by atoms with E-state index in [1.807, 2.05) is 0 Å². The fraction of sp³-hybridized carbons (Fsp3) is 0.385. The largest absolute Gasteiger partial charge is 0.480 e. The summed E-state index contributed by atoms with van der Waals surface area (Å²) in [4.78, 5) is 23.5. The number of carbonyl (C=O) groups excluding carboxylic acids is 1. The van der Waals surface area contributed by atoms with Crippen molar-refractivity contribution in [3.8, 4) is 0 Å². The third-order valence-electron chi connectivity index (χ3n) is 2.43. The third-order valence-corrected chi connectivity index (χ3v) is 2.43. The first kappa shape index (κ1) is 15.9. The lowest BCUT2D eigenvalue weighted by atomic mass is 10.3. The van der Waals surface area contributed by atoms with E-state index in [4.69, 9.17) is 9.84 Å². The number of anilines is 1. The number of urea groups is 1. The molecule has 6 nitrogen and oxygen atoms in total. The summed E-state index contributed by atoms with van der Waals surface area (Å²) in [6, 6.07) is 5.33. The second-order valence-corrected chi connectivity index (χ2v) is 3.90. The molecule has 0 aliphatic carbocycles. The van der Waals surface area contributed by atoms with Crippen molar-refractivity contribution in [3.05, 3.63) is 30.1 Å². The Kier molecular flexibility index (Phi) is 6.45. The Balaban J connectivity index is 2.45. The number of amides is 2. The van der Waals surface area contributed by atoms with Crippen molar-refractivity contribution in [1.82, 2.24) is 5.32 Å². The minimum atomic E-state index is -1.06. The molecule has 7 heteroatoms. The van der Waals surface area contributed by atoms with E-state index in [-0.39, 0.29) is 13.2 Å². The number of carbonyl (C=O) groups is 2. The Hall–Kier alpha value is -2.15. The highest BCUT2D eigenvalue weighted by molar-refractivity contribution is 5.91. The van der Waals surface area contributed by atoms with E-state index in [1.165, 1.54) is 23.1 Å². The van der Waals surface area contributed by atoms with Crippen molar-refractivity contribution in [2.75, 3.05) is 31.2 Å². The normalized spacial score (nSPS) is 10.1. The summed E-state index contributed by atoms with van der Waals surface area (Å²) in [6.07, 6.45) is 0. The SMILES string of the molecule is CCN(C(=O)NCCOCC(=O)O)c1cccc(F)c1. The molecule has 0 aromatic heterocycles. The molecule has 0 spiro atoms. The monoisotopic (exact) mass is 284 g/mol. The molecule has 20 heavy (non-hydrogen) atoms. The van der Waals surface area contributed by atoms with Gasteiger partial charge in [0, 0.05) is 18.8 Å². The van der Waals surface area contributed by atoms with Gasteiger partial charge in [-0.25, -0.2) is 14.0 Å². The summed E-state index contributed by atoms with van der Waals surface area (Å²) in [7, 11) is 0. The van der Waals surface area contributed by atoms with Crippen LogP contribution in [-0.4, -0.2) is 43.4 Å². The van der Waals surface area contributed by atoms with Crippen molar-refractivity contribution >= 4 is 17.7 Å². The van der Waals surface area contributed by atoms with E-state index in [0.29, 0.717) is 12.2 Å². The zero-order chi connectivity index (χ0) is 15.0. The average Bonchev–Trinajstić information content (AvgIpc) is 2.39. The zero-order valence-corrected chi connectivity index (χ0v) is 11.1. The lowest BCUT2D eigenvalue weighted by molar-refractivity contribution is -0.142. The molecule has 1 rings (SSSR count). The van der Waals surface area contributed by atoms with Crippen molar-refractivity contribution in [3.63, 3.8) is 0 Å². The van der Waals surface area contributed by atoms with Crippen LogP contribution in [-0.2, 0) is 9.53 Å². The topological polar surface area (TPSA) is 78.9 Å². The molecule has 110 valence electrons. The van der Waals surface area contributed by atoms with Gasteiger partial charge in [-0.2, -0.15) is 0 Å². The summed E-state index contributed by atoms with van der Waals surface area (Å²) in [5.41, 5.74) is 0.455. The standard InChI is InChI=1S/C13H17FN2O4/c1-2-16(11-5-3-4-10(14)8-11)13(19)15-6-7-20-9-12(17)18/h3-5,8H,2,6-7,9H2,1H3,(H,15,19)(H,17,18). The molecule has 0 aliphatic heterocycles. The van der Waals surface area contributed by atoms with Gasteiger partial charge in [0.25, 0.3) is 0 Å². The number of carboxylic acids is 1. The van der Waals surface area contributed by atoms with Crippen LogP contribution in [0.3, 0.4) is 0 Å². The molecule has 2 N–H and O–H groups in total. The Bertz CT molecular complexity index is 467. The number of nitrogens with one attached hydrogen (secondary N) is 1. The molecule has 0 bridgehead atoms. The Morgan fingerprint density at radius 3 is 2.80 bits per heavy atom. The fourth-order valence-electron chi connectivity index (χ4n) is 1.57. The van der Waals surface area contributed by atoms with Crippen LogP contribution >= 0.6 is 0 Å². The molecule has 0 saturated carbocycles. The van der Waals surface area contributed by atoms with Gasteiger partial charge >= 0.3 is 12.0 Å². The second kappa shape index (κ2) is 8.11. The van der Waals surface area contributed by atoms with Gasteiger partial charge in [0.05, 0.1) is 6.61 Å². The maximum atomic E-state index is 13.1. The zero-order valence-electron chi connectivity index (χ0n) is 11.1. The van der Waals surface area contributed by atoms with Crippen LogP contribution in [0.2, 0.25) is 0 Å². The van der Waals surface area contributed by atoms with Gasteiger partial charge in [-0.15, -0.1) is 0 Å². The first-order chi connectivity index (χ1) is 9.54. The molecular weight excluding hydrogens is 267 g/mol. The van der Waals surface area contributed by atoms with Crippen molar-refractivity contribution < 1.29 is 23.8 Å². The highest BCUT2D eigenvalue weighted by Gasteiger charge is 2.13. The average molecular weight is 284 g/mol. The number of hydrogen-bond donors (Lipinski definition) is 2. The van der Waals surface area contributed by atoms with Gasteiger partial charge in [0.1, 0.15) is 12.4 Å². The van der Waals surface area contributed by atoms with E-state index in [2.05, 4.69) is 5.32 Å². The van der Waals surface area contributed by atoms with E-state index in [1.54, 1.807) is 13.0 Å². The molecule has 0 heterocycles. The molecule has 0 aliphatic rings. The summed E-state index contributed by atoms with van der Waals surface area (Å²) in [5, 5.41) is 10.9. The smallest absolute Gasteiger partial charge is 0.329 e. The Morgan fingerprint density at radius 2 is 2.20 bits per heavy atom. The first-order valence-electron chi connectivity index (χ1n) is 6.15. The second-order valence-electron chi connectivity index (χ2n) is 3.90.